The standard InChI is InChI=1S/C16H24N4O3/c1-15(2,3)23-14(21)20-6-4-16(10-20)13(19-5-7-22-16)12-8-17-11-18-9-12/h8-9,11,13,19H,4-7,10H2,1-3H3. The summed E-state index contributed by atoms with van der Waals surface area (Å²) in [4.78, 5) is 22.3. The van der Waals surface area contributed by atoms with E-state index in [4.69, 9.17) is 9.47 Å². The highest BCUT2D eigenvalue weighted by atomic mass is 16.6. The van der Waals surface area contributed by atoms with Crippen LogP contribution in [0.25, 0.3) is 0 Å². The molecule has 2 saturated heterocycles. The Hall–Kier alpha value is -1.73. The number of rotatable bonds is 1. The van der Waals surface area contributed by atoms with Crippen LogP contribution in [0, 0.1) is 0 Å². The van der Waals surface area contributed by atoms with Crippen molar-refractivity contribution in [1.29, 1.82) is 0 Å². The number of nitrogens with one attached hydrogen (secondary N) is 1. The number of hydrogen-bond acceptors (Lipinski definition) is 6. The van der Waals surface area contributed by atoms with Crippen molar-refractivity contribution in [2.45, 2.75) is 44.4 Å². The van der Waals surface area contributed by atoms with E-state index < -0.39 is 11.2 Å². The van der Waals surface area contributed by atoms with E-state index in [0.717, 1.165) is 18.5 Å². The number of hydrogen-bond donors (Lipinski definition) is 1. The van der Waals surface area contributed by atoms with E-state index >= 15 is 0 Å². The van der Waals surface area contributed by atoms with Gasteiger partial charge in [-0.1, -0.05) is 0 Å². The zero-order chi connectivity index (χ0) is 16.5. The van der Waals surface area contributed by atoms with E-state index in [1.165, 1.54) is 6.33 Å². The number of nitrogens with zero attached hydrogens (tertiary/aromatic N) is 3. The van der Waals surface area contributed by atoms with Gasteiger partial charge < -0.3 is 19.7 Å². The Morgan fingerprint density at radius 3 is 2.87 bits per heavy atom. The molecule has 3 rings (SSSR count). The van der Waals surface area contributed by atoms with Crippen molar-refractivity contribution in [2.24, 2.45) is 0 Å². The van der Waals surface area contributed by atoms with Gasteiger partial charge in [0.25, 0.3) is 0 Å². The summed E-state index contributed by atoms with van der Waals surface area (Å²) in [6.07, 6.45) is 5.60. The van der Waals surface area contributed by atoms with Crippen LogP contribution in [0.2, 0.25) is 0 Å². The molecular weight excluding hydrogens is 296 g/mol. The maximum atomic E-state index is 12.3. The van der Waals surface area contributed by atoms with Gasteiger partial charge in [-0.15, -0.1) is 0 Å². The highest BCUT2D eigenvalue weighted by molar-refractivity contribution is 5.68. The molecule has 126 valence electrons. The average Bonchev–Trinajstić information content (AvgIpc) is 2.92. The fourth-order valence-corrected chi connectivity index (χ4v) is 3.25. The van der Waals surface area contributed by atoms with Crippen molar-refractivity contribution < 1.29 is 14.3 Å². The third kappa shape index (κ3) is 3.45. The fourth-order valence-electron chi connectivity index (χ4n) is 3.25. The van der Waals surface area contributed by atoms with E-state index in [-0.39, 0.29) is 12.1 Å². The lowest BCUT2D eigenvalue weighted by atomic mass is 9.87. The smallest absolute Gasteiger partial charge is 0.410 e. The van der Waals surface area contributed by atoms with Gasteiger partial charge in [-0.3, -0.25) is 0 Å². The van der Waals surface area contributed by atoms with Crippen molar-refractivity contribution in [3.05, 3.63) is 24.3 Å². The van der Waals surface area contributed by atoms with Crippen LogP contribution < -0.4 is 5.32 Å². The molecule has 2 aliphatic heterocycles. The Morgan fingerprint density at radius 2 is 2.17 bits per heavy atom. The molecule has 0 saturated carbocycles. The second-order valence-electron chi connectivity index (χ2n) is 7.12. The van der Waals surface area contributed by atoms with E-state index in [0.29, 0.717) is 19.7 Å². The first-order chi connectivity index (χ1) is 10.9. The van der Waals surface area contributed by atoms with Crippen molar-refractivity contribution in [3.63, 3.8) is 0 Å². The summed E-state index contributed by atoms with van der Waals surface area (Å²) in [6.45, 7) is 8.16. The monoisotopic (exact) mass is 320 g/mol. The molecule has 7 nitrogen and oxygen atoms in total. The summed E-state index contributed by atoms with van der Waals surface area (Å²) < 4.78 is 11.6. The molecule has 1 N–H and O–H groups in total. The van der Waals surface area contributed by atoms with Crippen LogP contribution in [0.1, 0.15) is 38.8 Å². The van der Waals surface area contributed by atoms with Gasteiger partial charge in [0, 0.05) is 31.0 Å². The Kier molecular flexibility index (Phi) is 4.25. The molecule has 1 amide bonds. The van der Waals surface area contributed by atoms with Crippen LogP contribution in [-0.4, -0.2) is 58.4 Å². The van der Waals surface area contributed by atoms with E-state index in [1.807, 2.05) is 20.8 Å². The van der Waals surface area contributed by atoms with Gasteiger partial charge >= 0.3 is 6.09 Å². The molecule has 0 aromatic carbocycles. The predicted octanol–water partition coefficient (Wildman–Crippen LogP) is 1.52. The second kappa shape index (κ2) is 6.05. The lowest BCUT2D eigenvalue weighted by Gasteiger charge is -2.41. The number of carbonyl (C=O) groups is 1. The molecular formula is C16H24N4O3. The number of ether oxygens (including phenoxy) is 2. The molecule has 7 heteroatoms. The summed E-state index contributed by atoms with van der Waals surface area (Å²) in [5, 5.41) is 3.49. The van der Waals surface area contributed by atoms with Gasteiger partial charge in [-0.2, -0.15) is 0 Å². The lowest BCUT2D eigenvalue weighted by Crippen LogP contribution is -2.54. The Labute approximate surface area is 136 Å². The molecule has 3 heterocycles. The molecule has 23 heavy (non-hydrogen) atoms. The van der Waals surface area contributed by atoms with Crippen molar-refractivity contribution in [1.82, 2.24) is 20.2 Å². The first-order valence-electron chi connectivity index (χ1n) is 8.00. The second-order valence-corrected chi connectivity index (χ2v) is 7.12. The molecule has 0 aliphatic carbocycles. The largest absolute Gasteiger partial charge is 0.444 e. The molecule has 1 aromatic rings. The number of carbonyl (C=O) groups excluding carboxylic acids is 1. The molecule has 1 spiro atoms. The summed E-state index contributed by atoms with van der Waals surface area (Å²) >= 11 is 0. The van der Waals surface area contributed by atoms with E-state index in [1.54, 1.807) is 17.3 Å². The Morgan fingerprint density at radius 1 is 1.43 bits per heavy atom. The maximum Gasteiger partial charge on any atom is 0.410 e. The van der Waals surface area contributed by atoms with Crippen LogP contribution in [0.4, 0.5) is 4.79 Å². The molecule has 1 aromatic heterocycles. The topological polar surface area (TPSA) is 76.6 Å². The zero-order valence-electron chi connectivity index (χ0n) is 13.9. The quantitative estimate of drug-likeness (QED) is 0.845. The third-order valence-corrected chi connectivity index (χ3v) is 4.20. The van der Waals surface area contributed by atoms with Crippen LogP contribution in [0.3, 0.4) is 0 Å². The van der Waals surface area contributed by atoms with Crippen LogP contribution >= 0.6 is 0 Å². The van der Waals surface area contributed by atoms with Crippen molar-refractivity contribution >= 4 is 6.09 Å². The van der Waals surface area contributed by atoms with Crippen LogP contribution in [0.5, 0.6) is 0 Å². The van der Waals surface area contributed by atoms with Gasteiger partial charge in [0.05, 0.1) is 19.2 Å². The summed E-state index contributed by atoms with van der Waals surface area (Å²) in [5.41, 5.74) is 0.0450. The predicted molar refractivity (Wildman–Crippen MR) is 83.9 cm³/mol. The minimum Gasteiger partial charge on any atom is -0.444 e. The highest BCUT2D eigenvalue weighted by Crippen LogP contribution is 2.39. The van der Waals surface area contributed by atoms with E-state index in [9.17, 15) is 4.79 Å². The van der Waals surface area contributed by atoms with Crippen molar-refractivity contribution in [3.8, 4) is 0 Å². The molecule has 2 atom stereocenters. The summed E-state index contributed by atoms with van der Waals surface area (Å²) in [5.74, 6) is 0. The van der Waals surface area contributed by atoms with Crippen molar-refractivity contribution in [2.75, 3.05) is 26.2 Å². The average molecular weight is 320 g/mol. The summed E-state index contributed by atoms with van der Waals surface area (Å²) in [7, 11) is 0. The maximum absolute atomic E-state index is 12.3. The fraction of sp³-hybridized carbons (Fsp3) is 0.688. The van der Waals surface area contributed by atoms with E-state index in [2.05, 4.69) is 15.3 Å². The number of amides is 1. The SMILES string of the molecule is CC(C)(C)OC(=O)N1CCC2(C1)OCCNC2c1cncnc1. The Bertz CT molecular complexity index is 560. The van der Waals surface area contributed by atoms with Gasteiger partial charge in [0.15, 0.2) is 0 Å². The van der Waals surface area contributed by atoms with Gasteiger partial charge in [0.2, 0.25) is 0 Å². The van der Waals surface area contributed by atoms with Gasteiger partial charge in [-0.25, -0.2) is 14.8 Å². The minimum atomic E-state index is -0.495. The molecule has 0 bridgehead atoms. The number of aromatic nitrogens is 2. The minimum absolute atomic E-state index is 0.0233. The molecule has 0 radical (unpaired) electrons. The molecule has 2 fully saturated rings. The molecule has 2 aliphatic rings. The van der Waals surface area contributed by atoms with Gasteiger partial charge in [-0.05, 0) is 27.2 Å². The third-order valence-electron chi connectivity index (χ3n) is 4.20. The van der Waals surface area contributed by atoms with Gasteiger partial charge in [0.1, 0.15) is 17.5 Å². The highest BCUT2D eigenvalue weighted by Gasteiger charge is 2.50. The lowest BCUT2D eigenvalue weighted by molar-refractivity contribution is -0.0903. The van der Waals surface area contributed by atoms with Crippen LogP contribution in [0.15, 0.2) is 18.7 Å². The first-order valence-corrected chi connectivity index (χ1v) is 8.00. The zero-order valence-corrected chi connectivity index (χ0v) is 13.9. The number of morpholine rings is 1. The molecule has 2 unspecified atom stereocenters. The summed E-state index contributed by atoms with van der Waals surface area (Å²) in [6, 6.07) is -0.0233. The normalized spacial score (nSPS) is 28.1. The first kappa shape index (κ1) is 16.1. The Balaban J connectivity index is 1.77. The number of likely N-dealkylation sites (tertiary alicyclic amines) is 1. The van der Waals surface area contributed by atoms with Crippen LogP contribution in [-0.2, 0) is 9.47 Å².